The van der Waals surface area contributed by atoms with Gasteiger partial charge in [0, 0.05) is 0 Å². The second-order valence-corrected chi connectivity index (χ2v) is 6.20. The third-order valence-electron chi connectivity index (χ3n) is 4.13. The van der Waals surface area contributed by atoms with E-state index in [0.717, 1.165) is 19.3 Å². The minimum atomic E-state index is -0.743. The molecule has 1 unspecified atom stereocenters. The van der Waals surface area contributed by atoms with Crippen LogP contribution in [0.15, 0.2) is 24.8 Å². The Kier molecular flexibility index (Phi) is 15.5. The number of aliphatic carboxylic acids is 1. The van der Waals surface area contributed by atoms with Gasteiger partial charge < -0.3 is 5.11 Å². The number of carboxylic acids is 1. The van der Waals surface area contributed by atoms with E-state index in [9.17, 15) is 4.79 Å². The van der Waals surface area contributed by atoms with Crippen LogP contribution in [0.1, 0.15) is 90.4 Å². The van der Waals surface area contributed by atoms with Crippen molar-refractivity contribution >= 4 is 5.97 Å². The highest BCUT2D eigenvalue weighted by Gasteiger charge is 2.11. The third kappa shape index (κ3) is 13.9. The molecule has 0 amide bonds. The second kappa shape index (κ2) is 16.3. The van der Waals surface area contributed by atoms with Gasteiger partial charge in [-0.25, -0.2) is 0 Å². The lowest BCUT2D eigenvalue weighted by Crippen LogP contribution is -2.10. The van der Waals surface area contributed by atoms with Crippen LogP contribution in [0.3, 0.4) is 0 Å². The van der Waals surface area contributed by atoms with Gasteiger partial charge in [-0.1, -0.05) is 76.5 Å². The molecule has 1 N–H and O–H groups in total. The Morgan fingerprint density at radius 2 is 1.41 bits per heavy atom. The molecule has 0 aromatic carbocycles. The Bertz CT molecular complexity index is 294. The molecule has 0 aliphatic heterocycles. The summed E-state index contributed by atoms with van der Waals surface area (Å²) in [6.07, 6.45) is 22.1. The van der Waals surface area contributed by atoms with E-state index in [1.54, 1.807) is 6.08 Å². The summed E-state index contributed by atoms with van der Waals surface area (Å²) in [5.41, 5.74) is 0. The summed E-state index contributed by atoms with van der Waals surface area (Å²) in [7, 11) is 0. The highest BCUT2D eigenvalue weighted by atomic mass is 16.4. The normalized spacial score (nSPS) is 12.6. The monoisotopic (exact) mass is 308 g/mol. The molecule has 0 saturated carbocycles. The van der Waals surface area contributed by atoms with Gasteiger partial charge in [0.05, 0.1) is 5.92 Å². The number of hydrogen-bond donors (Lipinski definition) is 1. The highest BCUT2D eigenvalue weighted by Crippen LogP contribution is 2.13. The first-order valence-corrected chi connectivity index (χ1v) is 9.22. The fourth-order valence-corrected chi connectivity index (χ4v) is 2.60. The number of hydrogen-bond acceptors (Lipinski definition) is 1. The number of carboxylic acid groups (broad SMARTS) is 1. The van der Waals surface area contributed by atoms with E-state index in [0.29, 0.717) is 0 Å². The quantitative estimate of drug-likeness (QED) is 0.260. The summed E-state index contributed by atoms with van der Waals surface area (Å²) in [6.45, 7) is 5.83. The summed E-state index contributed by atoms with van der Waals surface area (Å²) in [5, 5.41) is 8.90. The summed E-state index contributed by atoms with van der Waals surface area (Å²) in [4.78, 5) is 10.8. The summed E-state index contributed by atoms with van der Waals surface area (Å²) < 4.78 is 0. The van der Waals surface area contributed by atoms with Crippen LogP contribution in [-0.4, -0.2) is 11.1 Å². The molecule has 0 aliphatic rings. The molecule has 0 aliphatic carbocycles. The van der Waals surface area contributed by atoms with Crippen LogP contribution in [0.2, 0.25) is 0 Å². The summed E-state index contributed by atoms with van der Waals surface area (Å²) in [6, 6.07) is 0. The number of allylic oxidation sites excluding steroid dienone is 2. The second-order valence-electron chi connectivity index (χ2n) is 6.20. The van der Waals surface area contributed by atoms with E-state index >= 15 is 0 Å². The third-order valence-corrected chi connectivity index (χ3v) is 4.13. The van der Waals surface area contributed by atoms with Gasteiger partial charge in [0.2, 0.25) is 0 Å². The predicted molar refractivity (Wildman–Crippen MR) is 96.2 cm³/mol. The fourth-order valence-electron chi connectivity index (χ4n) is 2.60. The van der Waals surface area contributed by atoms with Gasteiger partial charge in [-0.05, 0) is 32.1 Å². The van der Waals surface area contributed by atoms with Crippen molar-refractivity contribution in [2.75, 3.05) is 0 Å². The summed E-state index contributed by atoms with van der Waals surface area (Å²) in [5.74, 6) is -1.11. The van der Waals surface area contributed by atoms with Crippen LogP contribution in [0.25, 0.3) is 0 Å². The predicted octanol–water partition coefficient (Wildman–Crippen LogP) is 6.52. The Hall–Kier alpha value is -1.05. The lowest BCUT2D eigenvalue weighted by atomic mass is 10.0. The first-order chi connectivity index (χ1) is 10.7. The van der Waals surface area contributed by atoms with Gasteiger partial charge in [0.25, 0.3) is 0 Å². The van der Waals surface area contributed by atoms with E-state index in [-0.39, 0.29) is 5.92 Å². The van der Waals surface area contributed by atoms with Gasteiger partial charge in [-0.2, -0.15) is 0 Å². The van der Waals surface area contributed by atoms with Crippen LogP contribution in [0.5, 0.6) is 0 Å². The minimum Gasteiger partial charge on any atom is -0.481 e. The van der Waals surface area contributed by atoms with Crippen molar-refractivity contribution in [3.05, 3.63) is 24.8 Å². The SMILES string of the molecule is C=CC(CCCCCC/C=C\CCCCCCCC)C(=O)O. The molecular weight excluding hydrogens is 272 g/mol. The number of unbranched alkanes of at least 4 members (excludes halogenated alkanes) is 10. The fraction of sp³-hybridized carbons (Fsp3) is 0.750. The first-order valence-electron chi connectivity index (χ1n) is 9.22. The molecule has 0 bridgehead atoms. The standard InChI is InChI=1S/C20H36O2/c1-3-5-6-7-8-9-10-11-12-13-14-15-16-17-18-19(4-2)20(21)22/h4,11-12,19H,2-3,5-10,13-18H2,1H3,(H,21,22)/b12-11-. The minimum absolute atomic E-state index is 0.364. The molecule has 128 valence electrons. The van der Waals surface area contributed by atoms with Crippen LogP contribution in [0, 0.1) is 5.92 Å². The largest absolute Gasteiger partial charge is 0.481 e. The molecule has 0 radical (unpaired) electrons. The van der Waals surface area contributed by atoms with Gasteiger partial charge in [0.15, 0.2) is 0 Å². The molecule has 0 fully saturated rings. The van der Waals surface area contributed by atoms with Crippen LogP contribution < -0.4 is 0 Å². The molecule has 1 atom stereocenters. The Labute approximate surface area is 137 Å². The van der Waals surface area contributed by atoms with Gasteiger partial charge in [-0.15, -0.1) is 6.58 Å². The van der Waals surface area contributed by atoms with Crippen molar-refractivity contribution in [2.24, 2.45) is 5.92 Å². The Morgan fingerprint density at radius 1 is 0.909 bits per heavy atom. The van der Waals surface area contributed by atoms with Crippen molar-refractivity contribution in [1.29, 1.82) is 0 Å². The molecule has 0 heterocycles. The molecule has 0 spiro atoms. The first kappa shape index (κ1) is 20.9. The zero-order chi connectivity index (χ0) is 16.5. The lowest BCUT2D eigenvalue weighted by Gasteiger charge is -2.06. The molecular formula is C20H36O2. The maximum absolute atomic E-state index is 10.8. The van der Waals surface area contributed by atoms with E-state index in [4.69, 9.17) is 5.11 Å². The van der Waals surface area contributed by atoms with Gasteiger partial charge in [-0.3, -0.25) is 4.79 Å². The van der Waals surface area contributed by atoms with E-state index in [1.807, 2.05) is 0 Å². The van der Waals surface area contributed by atoms with Crippen molar-refractivity contribution in [3.63, 3.8) is 0 Å². The van der Waals surface area contributed by atoms with Crippen LogP contribution >= 0.6 is 0 Å². The van der Waals surface area contributed by atoms with Gasteiger partial charge >= 0.3 is 5.97 Å². The molecule has 2 heteroatoms. The maximum Gasteiger partial charge on any atom is 0.310 e. The van der Waals surface area contributed by atoms with E-state index in [2.05, 4.69) is 25.7 Å². The van der Waals surface area contributed by atoms with Crippen molar-refractivity contribution < 1.29 is 9.90 Å². The Morgan fingerprint density at radius 3 is 1.91 bits per heavy atom. The number of carbonyl (C=O) groups is 1. The molecule has 0 saturated heterocycles. The zero-order valence-electron chi connectivity index (χ0n) is 14.6. The summed E-state index contributed by atoms with van der Waals surface area (Å²) >= 11 is 0. The topological polar surface area (TPSA) is 37.3 Å². The highest BCUT2D eigenvalue weighted by molar-refractivity contribution is 5.71. The zero-order valence-corrected chi connectivity index (χ0v) is 14.6. The smallest absolute Gasteiger partial charge is 0.310 e. The van der Waals surface area contributed by atoms with Crippen LogP contribution in [0.4, 0.5) is 0 Å². The number of rotatable bonds is 16. The van der Waals surface area contributed by atoms with Crippen molar-refractivity contribution in [1.82, 2.24) is 0 Å². The molecule has 22 heavy (non-hydrogen) atoms. The Balaban J connectivity index is 3.27. The maximum atomic E-state index is 10.8. The van der Waals surface area contributed by atoms with E-state index < -0.39 is 5.97 Å². The molecule has 0 rings (SSSR count). The molecule has 0 aromatic heterocycles. The molecule has 0 aromatic rings. The molecule has 2 nitrogen and oxygen atoms in total. The average molecular weight is 309 g/mol. The van der Waals surface area contributed by atoms with Crippen LogP contribution in [-0.2, 0) is 4.79 Å². The lowest BCUT2D eigenvalue weighted by molar-refractivity contribution is -0.140. The van der Waals surface area contributed by atoms with Crippen molar-refractivity contribution in [2.45, 2.75) is 90.4 Å². The van der Waals surface area contributed by atoms with Crippen molar-refractivity contribution in [3.8, 4) is 0 Å². The average Bonchev–Trinajstić information content (AvgIpc) is 2.51. The van der Waals surface area contributed by atoms with E-state index in [1.165, 1.54) is 64.2 Å². The van der Waals surface area contributed by atoms with Gasteiger partial charge in [0.1, 0.15) is 0 Å².